The third-order valence-corrected chi connectivity index (χ3v) is 4.74. The molecule has 0 saturated carbocycles. The number of hydrogen-bond acceptors (Lipinski definition) is 8. The van der Waals surface area contributed by atoms with Crippen LogP contribution in [0.15, 0.2) is 33.2 Å². The second-order valence-corrected chi connectivity index (χ2v) is 6.70. The molecule has 0 aromatic carbocycles. The molecule has 0 spiro atoms. The Morgan fingerprint density at radius 1 is 1.28 bits per heavy atom. The Morgan fingerprint density at radius 2 is 2.08 bits per heavy atom. The zero-order chi connectivity index (χ0) is 18.0. The quantitative estimate of drug-likeness (QED) is 0.413. The average Bonchev–Trinajstić information content (AvgIpc) is 3.25. The van der Waals surface area contributed by atoms with E-state index in [0.717, 1.165) is 0 Å². The van der Waals surface area contributed by atoms with E-state index in [1.165, 1.54) is 30.0 Å². The Hall–Kier alpha value is -2.52. The van der Waals surface area contributed by atoms with Crippen LogP contribution in [0.1, 0.15) is 33.5 Å². The van der Waals surface area contributed by atoms with Crippen LogP contribution in [-0.4, -0.2) is 32.9 Å². The molecule has 0 aliphatic rings. The van der Waals surface area contributed by atoms with E-state index < -0.39 is 0 Å². The molecule has 0 radical (unpaired) electrons. The molecule has 0 aliphatic heterocycles. The van der Waals surface area contributed by atoms with Crippen LogP contribution in [0.4, 0.5) is 5.13 Å². The van der Waals surface area contributed by atoms with Gasteiger partial charge in [0.1, 0.15) is 10.7 Å². The van der Waals surface area contributed by atoms with Crippen LogP contribution < -0.4 is 5.32 Å². The van der Waals surface area contributed by atoms with Crippen molar-refractivity contribution in [3.8, 4) is 11.6 Å². The highest BCUT2D eigenvalue weighted by molar-refractivity contribution is 7.98. The molecule has 3 aromatic heterocycles. The van der Waals surface area contributed by atoms with E-state index in [0.29, 0.717) is 38.7 Å². The summed E-state index contributed by atoms with van der Waals surface area (Å²) in [6.07, 6.45) is 3.38. The van der Waals surface area contributed by atoms with Crippen molar-refractivity contribution in [1.29, 1.82) is 0 Å². The summed E-state index contributed by atoms with van der Waals surface area (Å²) in [4.78, 5) is 36.8. The maximum absolute atomic E-state index is 12.6. The molecule has 9 heteroatoms. The zero-order valence-electron chi connectivity index (χ0n) is 13.7. The molecule has 25 heavy (non-hydrogen) atoms. The van der Waals surface area contributed by atoms with Crippen LogP contribution in [0.5, 0.6) is 0 Å². The van der Waals surface area contributed by atoms with E-state index in [1.54, 1.807) is 30.7 Å². The molecule has 1 amide bonds. The molecule has 7 nitrogen and oxygen atoms in total. The average molecular weight is 374 g/mol. The molecule has 3 rings (SSSR count). The topological polar surface area (TPSA) is 98.0 Å². The van der Waals surface area contributed by atoms with E-state index in [1.807, 2.05) is 6.26 Å². The molecular formula is C16H14N4O3S2. The van der Waals surface area contributed by atoms with Crippen molar-refractivity contribution in [3.05, 3.63) is 40.7 Å². The van der Waals surface area contributed by atoms with Crippen molar-refractivity contribution in [2.45, 2.75) is 18.9 Å². The SMILES string of the molecule is CSc1nc(-c2ccco2)nc(C)c1C(=O)Nc1nc(C(C)=O)cs1. The number of ketones is 1. The number of anilines is 1. The lowest BCUT2D eigenvalue weighted by Crippen LogP contribution is -2.17. The lowest BCUT2D eigenvalue weighted by Gasteiger charge is -2.10. The first-order chi connectivity index (χ1) is 12.0. The molecule has 0 bridgehead atoms. The first kappa shape index (κ1) is 17.3. The minimum absolute atomic E-state index is 0.149. The lowest BCUT2D eigenvalue weighted by atomic mass is 10.2. The number of rotatable bonds is 5. The number of Topliss-reactive ketones (excluding diaryl/α,β-unsaturated/α-hetero) is 1. The zero-order valence-corrected chi connectivity index (χ0v) is 15.3. The lowest BCUT2D eigenvalue weighted by molar-refractivity contribution is 0.100. The molecule has 0 saturated heterocycles. The number of carbonyl (C=O) groups excluding carboxylic acids is 2. The van der Waals surface area contributed by atoms with Crippen LogP contribution in [0, 0.1) is 6.92 Å². The Bertz CT molecular complexity index is 935. The minimum atomic E-state index is -0.364. The molecule has 1 N–H and O–H groups in total. The number of thioether (sulfide) groups is 1. The Labute approximate surface area is 151 Å². The first-order valence-electron chi connectivity index (χ1n) is 7.24. The summed E-state index contributed by atoms with van der Waals surface area (Å²) < 4.78 is 5.32. The van der Waals surface area contributed by atoms with E-state index in [2.05, 4.69) is 20.3 Å². The molecule has 0 aliphatic carbocycles. The highest BCUT2D eigenvalue weighted by atomic mass is 32.2. The van der Waals surface area contributed by atoms with E-state index in [4.69, 9.17) is 4.42 Å². The van der Waals surface area contributed by atoms with Gasteiger partial charge < -0.3 is 4.42 Å². The van der Waals surface area contributed by atoms with E-state index >= 15 is 0 Å². The second kappa shape index (κ2) is 7.16. The first-order valence-corrected chi connectivity index (χ1v) is 9.34. The van der Waals surface area contributed by atoms with Gasteiger partial charge in [0.05, 0.1) is 17.5 Å². The van der Waals surface area contributed by atoms with Crippen LogP contribution in [0.3, 0.4) is 0 Å². The fourth-order valence-corrected chi connectivity index (χ4v) is 3.49. The van der Waals surface area contributed by atoms with Gasteiger partial charge in [-0.15, -0.1) is 23.1 Å². The molecule has 0 fully saturated rings. The Morgan fingerprint density at radius 3 is 2.68 bits per heavy atom. The maximum Gasteiger partial charge on any atom is 0.262 e. The van der Waals surface area contributed by atoms with Gasteiger partial charge in [-0.05, 0) is 25.3 Å². The van der Waals surface area contributed by atoms with Gasteiger partial charge in [-0.1, -0.05) is 0 Å². The van der Waals surface area contributed by atoms with E-state index in [9.17, 15) is 9.59 Å². The number of hydrogen-bond donors (Lipinski definition) is 1. The third kappa shape index (κ3) is 3.62. The predicted octanol–water partition coefficient (Wildman–Crippen LogP) is 3.68. The third-order valence-electron chi connectivity index (χ3n) is 3.30. The highest BCUT2D eigenvalue weighted by Crippen LogP contribution is 2.26. The van der Waals surface area contributed by atoms with Crippen molar-refractivity contribution in [2.24, 2.45) is 0 Å². The minimum Gasteiger partial charge on any atom is -0.461 e. The highest BCUT2D eigenvalue weighted by Gasteiger charge is 2.21. The Kier molecular flexibility index (Phi) is 4.95. The van der Waals surface area contributed by atoms with Gasteiger partial charge in [0.25, 0.3) is 5.91 Å². The number of nitrogens with one attached hydrogen (secondary N) is 1. The van der Waals surface area contributed by atoms with Crippen LogP contribution in [0.25, 0.3) is 11.6 Å². The van der Waals surface area contributed by atoms with Gasteiger partial charge in [-0.25, -0.2) is 15.0 Å². The van der Waals surface area contributed by atoms with Gasteiger partial charge >= 0.3 is 0 Å². The molecule has 0 unspecified atom stereocenters. The summed E-state index contributed by atoms with van der Waals surface area (Å²) in [7, 11) is 0. The van der Waals surface area contributed by atoms with Crippen molar-refractivity contribution in [3.63, 3.8) is 0 Å². The normalized spacial score (nSPS) is 10.7. The summed E-state index contributed by atoms with van der Waals surface area (Å²) in [5, 5.41) is 5.21. The van der Waals surface area contributed by atoms with Gasteiger partial charge in [0.2, 0.25) is 0 Å². The molecule has 3 aromatic rings. The van der Waals surface area contributed by atoms with Crippen molar-refractivity contribution in [2.75, 3.05) is 11.6 Å². The number of furan rings is 1. The fourth-order valence-electron chi connectivity index (χ4n) is 2.12. The fraction of sp³-hybridized carbons (Fsp3) is 0.188. The van der Waals surface area contributed by atoms with Gasteiger partial charge in [0, 0.05) is 12.3 Å². The molecule has 0 atom stereocenters. The number of aromatic nitrogens is 3. The predicted molar refractivity (Wildman–Crippen MR) is 96.3 cm³/mol. The number of aryl methyl sites for hydroxylation is 1. The van der Waals surface area contributed by atoms with Crippen LogP contribution in [-0.2, 0) is 0 Å². The summed E-state index contributed by atoms with van der Waals surface area (Å²) in [5.74, 6) is 0.453. The summed E-state index contributed by atoms with van der Waals surface area (Å²) >= 11 is 2.54. The summed E-state index contributed by atoms with van der Waals surface area (Å²) in [5.41, 5.74) is 1.24. The van der Waals surface area contributed by atoms with Gasteiger partial charge in [-0.2, -0.15) is 0 Å². The second-order valence-electron chi connectivity index (χ2n) is 5.04. The molecular weight excluding hydrogens is 360 g/mol. The largest absolute Gasteiger partial charge is 0.461 e. The smallest absolute Gasteiger partial charge is 0.262 e. The summed E-state index contributed by atoms with van der Waals surface area (Å²) in [6.45, 7) is 3.17. The number of amides is 1. The monoisotopic (exact) mass is 374 g/mol. The van der Waals surface area contributed by atoms with Crippen LogP contribution in [0.2, 0.25) is 0 Å². The van der Waals surface area contributed by atoms with Gasteiger partial charge in [-0.3, -0.25) is 14.9 Å². The van der Waals surface area contributed by atoms with Crippen molar-refractivity contribution < 1.29 is 14.0 Å². The molecule has 3 heterocycles. The van der Waals surface area contributed by atoms with Crippen molar-refractivity contribution >= 4 is 39.9 Å². The van der Waals surface area contributed by atoms with Crippen molar-refractivity contribution in [1.82, 2.24) is 15.0 Å². The maximum atomic E-state index is 12.6. The number of nitrogens with zero attached hydrogens (tertiary/aromatic N) is 3. The van der Waals surface area contributed by atoms with Gasteiger partial charge in [0.15, 0.2) is 22.5 Å². The number of carbonyl (C=O) groups is 2. The summed E-state index contributed by atoms with van der Waals surface area (Å²) in [6, 6.07) is 3.51. The van der Waals surface area contributed by atoms with E-state index in [-0.39, 0.29) is 11.7 Å². The standard InChI is InChI=1S/C16H14N4O3S2/c1-8-12(14(22)20-16-18-10(7-25-16)9(2)21)15(24-3)19-13(17-8)11-5-4-6-23-11/h4-7H,1-3H3,(H,18,20,22). The number of thiazole rings is 1. The Balaban J connectivity index is 1.92. The molecule has 128 valence electrons. The van der Waals surface area contributed by atoms with Crippen LogP contribution >= 0.6 is 23.1 Å².